The zero-order valence-electron chi connectivity index (χ0n) is 20.1. The van der Waals surface area contributed by atoms with Crippen LogP contribution in [0.5, 0.6) is 0 Å². The van der Waals surface area contributed by atoms with Crippen molar-refractivity contribution < 1.29 is 23.8 Å². The van der Waals surface area contributed by atoms with Gasteiger partial charge in [-0.1, -0.05) is 57.2 Å². The third-order valence-corrected chi connectivity index (χ3v) is 5.59. The molecular weight excluding hydrogens is 435 g/mol. The van der Waals surface area contributed by atoms with Crippen molar-refractivity contribution in [2.45, 2.75) is 53.0 Å². The second-order valence-electron chi connectivity index (χ2n) is 9.55. The lowest BCUT2D eigenvalue weighted by atomic mass is 9.91. The Hall–Kier alpha value is -3.48. The van der Waals surface area contributed by atoms with Gasteiger partial charge in [-0.05, 0) is 41.0 Å². The number of aromatic nitrogens is 2. The lowest BCUT2D eigenvalue weighted by molar-refractivity contribution is -0.137. The van der Waals surface area contributed by atoms with Crippen molar-refractivity contribution in [3.63, 3.8) is 0 Å². The van der Waals surface area contributed by atoms with E-state index in [2.05, 4.69) is 25.8 Å². The lowest BCUT2D eigenvalue weighted by Crippen LogP contribution is -2.16. The number of methoxy groups -OCH3 is 1. The van der Waals surface area contributed by atoms with Crippen LogP contribution < -0.4 is 0 Å². The minimum atomic E-state index is -0.833. The second-order valence-corrected chi connectivity index (χ2v) is 9.55. The fourth-order valence-corrected chi connectivity index (χ4v) is 4.00. The summed E-state index contributed by atoms with van der Waals surface area (Å²) in [6.07, 6.45) is 4.09. The summed E-state index contributed by atoms with van der Waals surface area (Å²) in [4.78, 5) is 27.8. The Kier molecular flexibility index (Phi) is 7.87. The first-order chi connectivity index (χ1) is 16.1. The third kappa shape index (κ3) is 6.31. The van der Waals surface area contributed by atoms with E-state index in [0.717, 1.165) is 29.1 Å². The van der Waals surface area contributed by atoms with E-state index < -0.39 is 17.8 Å². The Morgan fingerprint density at radius 1 is 1.09 bits per heavy atom. The molecule has 0 aliphatic heterocycles. The van der Waals surface area contributed by atoms with E-state index in [1.165, 1.54) is 13.2 Å². The quantitative estimate of drug-likeness (QED) is 0.432. The number of halogens is 1. The van der Waals surface area contributed by atoms with Gasteiger partial charge in [0.1, 0.15) is 17.2 Å². The number of nitrogens with zero attached hydrogens (tertiary/aromatic N) is 2. The van der Waals surface area contributed by atoms with Crippen molar-refractivity contribution in [3.8, 4) is 11.1 Å². The van der Waals surface area contributed by atoms with Crippen LogP contribution in [0.3, 0.4) is 0 Å². The molecule has 0 aliphatic carbocycles. The first-order valence-corrected chi connectivity index (χ1v) is 11.3. The van der Waals surface area contributed by atoms with E-state index in [0.29, 0.717) is 24.9 Å². The number of esters is 1. The molecule has 3 rings (SSSR count). The van der Waals surface area contributed by atoms with Crippen LogP contribution in [-0.4, -0.2) is 33.7 Å². The van der Waals surface area contributed by atoms with Crippen LogP contribution in [-0.2, 0) is 35.3 Å². The molecule has 0 saturated heterocycles. The summed E-state index contributed by atoms with van der Waals surface area (Å²) in [5.41, 5.74) is 3.29. The van der Waals surface area contributed by atoms with Crippen LogP contribution in [0, 0.1) is 11.2 Å². The minimum absolute atomic E-state index is 0.0470. The number of aliphatic carboxylic acids is 1. The molecule has 2 aromatic carbocycles. The Morgan fingerprint density at radius 2 is 1.79 bits per heavy atom. The smallest absolute Gasteiger partial charge is 0.341 e. The first-order valence-electron chi connectivity index (χ1n) is 11.3. The molecule has 0 radical (unpaired) electrons. The number of rotatable bonds is 9. The molecule has 1 aromatic heterocycles. The molecule has 6 nitrogen and oxygen atoms in total. The molecule has 0 aliphatic rings. The van der Waals surface area contributed by atoms with Crippen molar-refractivity contribution in [1.82, 2.24) is 9.55 Å². The third-order valence-electron chi connectivity index (χ3n) is 5.59. The summed E-state index contributed by atoms with van der Waals surface area (Å²) >= 11 is 0. The Bertz CT molecular complexity index is 1160. The zero-order chi connectivity index (χ0) is 24.9. The van der Waals surface area contributed by atoms with Gasteiger partial charge in [-0.15, -0.1) is 0 Å². The number of carbonyl (C=O) groups is 2. The van der Waals surface area contributed by atoms with Crippen molar-refractivity contribution >= 4 is 11.9 Å². The molecule has 0 bridgehead atoms. The molecule has 3 aromatic rings. The summed E-state index contributed by atoms with van der Waals surface area (Å²) in [6.45, 7) is 6.83. The SMILES string of the molecule is COC(=O)c1c(F)cccc1-c1ccc(CCc2ncc(CC(C)(C)C)n2CCC(=O)O)cc1. The highest BCUT2D eigenvalue weighted by atomic mass is 19.1. The fraction of sp³-hybridized carbons (Fsp3) is 0.370. The molecule has 0 spiro atoms. The van der Waals surface area contributed by atoms with E-state index in [4.69, 9.17) is 9.84 Å². The predicted octanol–water partition coefficient (Wildman–Crippen LogP) is 5.32. The van der Waals surface area contributed by atoms with Crippen LogP contribution >= 0.6 is 0 Å². The van der Waals surface area contributed by atoms with Gasteiger partial charge in [-0.25, -0.2) is 14.2 Å². The summed E-state index contributed by atoms with van der Waals surface area (Å²) in [5, 5.41) is 9.16. The summed E-state index contributed by atoms with van der Waals surface area (Å²) in [5.74, 6) is -1.30. The molecule has 0 amide bonds. The van der Waals surface area contributed by atoms with Gasteiger partial charge in [0.25, 0.3) is 0 Å². The number of hydrogen-bond acceptors (Lipinski definition) is 4. The van der Waals surface area contributed by atoms with Gasteiger partial charge in [0.2, 0.25) is 0 Å². The molecule has 1 N–H and O–H groups in total. The lowest BCUT2D eigenvalue weighted by Gasteiger charge is -2.20. The van der Waals surface area contributed by atoms with Crippen LogP contribution in [0.1, 0.15) is 54.6 Å². The van der Waals surface area contributed by atoms with Gasteiger partial charge in [-0.3, -0.25) is 4.79 Å². The number of carboxylic acids is 1. The van der Waals surface area contributed by atoms with Crippen molar-refractivity contribution in [3.05, 3.63) is 77.1 Å². The molecule has 0 atom stereocenters. The first kappa shape index (κ1) is 25.1. The topological polar surface area (TPSA) is 81.4 Å². The molecule has 0 unspecified atom stereocenters. The van der Waals surface area contributed by atoms with E-state index in [-0.39, 0.29) is 17.4 Å². The van der Waals surface area contributed by atoms with Crippen LogP contribution in [0.2, 0.25) is 0 Å². The number of ether oxygens (including phenoxy) is 1. The van der Waals surface area contributed by atoms with Gasteiger partial charge < -0.3 is 14.4 Å². The van der Waals surface area contributed by atoms with Crippen molar-refractivity contribution in [2.24, 2.45) is 5.41 Å². The molecule has 180 valence electrons. The standard InChI is InChI=1S/C27H31FN2O4/c1-27(2,3)16-20-17-29-23(30(20)15-14-24(31)32)13-10-18-8-11-19(12-9-18)21-6-5-7-22(28)25(21)26(33)34-4/h5-9,11-12,17H,10,13-16H2,1-4H3,(H,31,32). The van der Waals surface area contributed by atoms with Gasteiger partial charge in [0.15, 0.2) is 0 Å². The van der Waals surface area contributed by atoms with E-state index in [9.17, 15) is 14.0 Å². The van der Waals surface area contributed by atoms with Gasteiger partial charge >= 0.3 is 11.9 Å². The number of carbonyl (C=O) groups excluding carboxylic acids is 1. The largest absolute Gasteiger partial charge is 0.481 e. The van der Waals surface area contributed by atoms with E-state index in [1.807, 2.05) is 35.0 Å². The highest BCUT2D eigenvalue weighted by molar-refractivity contribution is 5.97. The normalized spacial score (nSPS) is 11.4. The van der Waals surface area contributed by atoms with Gasteiger partial charge in [0, 0.05) is 24.9 Å². The van der Waals surface area contributed by atoms with E-state index >= 15 is 0 Å². The molecule has 7 heteroatoms. The van der Waals surface area contributed by atoms with E-state index in [1.54, 1.807) is 12.1 Å². The highest BCUT2D eigenvalue weighted by Gasteiger charge is 2.19. The predicted molar refractivity (Wildman–Crippen MR) is 128 cm³/mol. The number of imidazole rings is 1. The van der Waals surface area contributed by atoms with Gasteiger partial charge in [0.05, 0.1) is 13.5 Å². The van der Waals surface area contributed by atoms with Crippen LogP contribution in [0.4, 0.5) is 4.39 Å². The summed E-state index contributed by atoms with van der Waals surface area (Å²) in [6, 6.07) is 12.1. The Morgan fingerprint density at radius 3 is 2.41 bits per heavy atom. The minimum Gasteiger partial charge on any atom is -0.481 e. The average Bonchev–Trinajstić information content (AvgIpc) is 3.15. The summed E-state index contributed by atoms with van der Waals surface area (Å²) in [7, 11) is 1.23. The van der Waals surface area contributed by atoms with Crippen LogP contribution in [0.25, 0.3) is 11.1 Å². The highest BCUT2D eigenvalue weighted by Crippen LogP contribution is 2.27. The molecule has 1 heterocycles. The second kappa shape index (κ2) is 10.6. The van der Waals surface area contributed by atoms with Crippen molar-refractivity contribution in [1.29, 1.82) is 0 Å². The molecule has 0 fully saturated rings. The number of benzene rings is 2. The maximum Gasteiger partial charge on any atom is 0.341 e. The molecule has 34 heavy (non-hydrogen) atoms. The fourth-order valence-electron chi connectivity index (χ4n) is 4.00. The molecular formula is C27H31FN2O4. The average molecular weight is 467 g/mol. The number of carboxylic acid groups (broad SMARTS) is 1. The van der Waals surface area contributed by atoms with Crippen molar-refractivity contribution in [2.75, 3.05) is 7.11 Å². The van der Waals surface area contributed by atoms with Crippen LogP contribution in [0.15, 0.2) is 48.7 Å². The molecule has 0 saturated carbocycles. The van der Waals surface area contributed by atoms with Gasteiger partial charge in [-0.2, -0.15) is 0 Å². The Balaban J connectivity index is 1.78. The summed E-state index contributed by atoms with van der Waals surface area (Å²) < 4.78 is 21.0. The zero-order valence-corrected chi connectivity index (χ0v) is 20.1. The maximum atomic E-state index is 14.3. The monoisotopic (exact) mass is 466 g/mol. The Labute approximate surface area is 199 Å². The number of hydrogen-bond donors (Lipinski definition) is 1. The maximum absolute atomic E-state index is 14.3. The number of aryl methyl sites for hydroxylation is 2.